The minimum Gasteiger partial charge on any atom is -0.383 e. The summed E-state index contributed by atoms with van der Waals surface area (Å²) in [5.41, 5.74) is 1.93. The molecule has 3 saturated carbocycles. The Morgan fingerprint density at radius 3 is 2.62 bits per heavy atom. The molecule has 0 amide bonds. The van der Waals surface area contributed by atoms with E-state index >= 15 is 0 Å². The maximum atomic E-state index is 12.5. The average Bonchev–Trinajstić information content (AvgIpc) is 3.74. The monoisotopic (exact) mass is 617 g/mol. The molecule has 4 aliphatic carbocycles. The fourth-order valence-electron chi connectivity index (χ4n) is 10.4. The number of aromatic nitrogens is 3. The van der Waals surface area contributed by atoms with Crippen molar-refractivity contribution in [3.63, 3.8) is 0 Å². The Labute approximate surface area is 265 Å². The number of carbonyl (C=O) groups is 1. The predicted molar refractivity (Wildman–Crippen MR) is 164 cm³/mol. The van der Waals surface area contributed by atoms with Crippen LogP contribution in [0.25, 0.3) is 0 Å². The highest BCUT2D eigenvalue weighted by Gasteiger charge is 2.65. The molecule has 45 heavy (non-hydrogen) atoms. The van der Waals surface area contributed by atoms with Crippen molar-refractivity contribution in [1.29, 1.82) is 0 Å². The largest absolute Gasteiger partial charge is 0.383 e. The summed E-state index contributed by atoms with van der Waals surface area (Å²) < 4.78 is 26.9. The molecule has 0 radical (unpaired) electrons. The van der Waals surface area contributed by atoms with Gasteiger partial charge in [0.2, 0.25) is 0 Å². The van der Waals surface area contributed by atoms with Gasteiger partial charge in [-0.15, -0.1) is 5.10 Å². The molecule has 0 unspecified atom stereocenters. The molecular formula is C36H47N3O6. The van der Waals surface area contributed by atoms with Gasteiger partial charge in [0, 0.05) is 11.8 Å². The quantitative estimate of drug-likeness (QED) is 0.456. The number of benzene rings is 1. The summed E-state index contributed by atoms with van der Waals surface area (Å²) in [6.45, 7) is 9.35. The molecular weight excluding hydrogens is 570 g/mol. The minimum absolute atomic E-state index is 0.114. The van der Waals surface area contributed by atoms with Crippen molar-refractivity contribution in [3.8, 4) is 0 Å². The highest BCUT2D eigenvalue weighted by atomic mass is 16.8. The van der Waals surface area contributed by atoms with Crippen LogP contribution in [0.2, 0.25) is 0 Å². The van der Waals surface area contributed by atoms with E-state index in [-0.39, 0.29) is 29.1 Å². The highest BCUT2D eigenvalue weighted by molar-refractivity contribution is 5.91. The molecule has 2 aliphatic heterocycles. The number of fused-ring (bicyclic) bond motifs is 6. The summed E-state index contributed by atoms with van der Waals surface area (Å²) in [5, 5.41) is 21.6. The van der Waals surface area contributed by atoms with Gasteiger partial charge in [0.25, 0.3) is 0 Å². The number of nitrogens with zero attached hydrogens (tertiary/aromatic N) is 3. The zero-order chi connectivity index (χ0) is 31.2. The smallest absolute Gasteiger partial charge is 0.190 e. The second kappa shape index (κ2) is 10.5. The van der Waals surface area contributed by atoms with Crippen LogP contribution in [0.3, 0.4) is 0 Å². The molecule has 9 nitrogen and oxygen atoms in total. The van der Waals surface area contributed by atoms with E-state index in [1.54, 1.807) is 4.68 Å². The van der Waals surface area contributed by atoms with Crippen molar-refractivity contribution in [2.45, 2.75) is 128 Å². The second-order valence-electron chi connectivity index (χ2n) is 15.6. The Balaban J connectivity index is 1.00. The van der Waals surface area contributed by atoms with E-state index < -0.39 is 17.7 Å². The number of carbonyl (C=O) groups excluding carboxylic acids is 1. The molecule has 1 N–H and O–H groups in total. The van der Waals surface area contributed by atoms with Crippen LogP contribution in [0.15, 0.2) is 48.2 Å². The van der Waals surface area contributed by atoms with Crippen LogP contribution < -0.4 is 0 Å². The van der Waals surface area contributed by atoms with Crippen molar-refractivity contribution in [2.24, 2.45) is 28.6 Å². The number of hydrogen-bond acceptors (Lipinski definition) is 8. The van der Waals surface area contributed by atoms with Gasteiger partial charge in [-0.2, -0.15) is 0 Å². The van der Waals surface area contributed by atoms with Gasteiger partial charge in [0.15, 0.2) is 17.9 Å². The van der Waals surface area contributed by atoms with Crippen molar-refractivity contribution < 1.29 is 28.8 Å². The molecule has 1 aromatic carbocycles. The molecule has 3 heterocycles. The second-order valence-corrected chi connectivity index (χ2v) is 15.6. The maximum Gasteiger partial charge on any atom is 0.190 e. The first-order chi connectivity index (χ1) is 21.5. The van der Waals surface area contributed by atoms with Crippen LogP contribution in [-0.4, -0.2) is 56.3 Å². The Bertz CT molecular complexity index is 1490. The van der Waals surface area contributed by atoms with Gasteiger partial charge in [-0.3, -0.25) is 4.79 Å². The van der Waals surface area contributed by atoms with E-state index in [0.29, 0.717) is 55.2 Å². The molecule has 6 aliphatic rings. The Morgan fingerprint density at radius 1 is 1.00 bits per heavy atom. The van der Waals surface area contributed by atoms with Crippen molar-refractivity contribution >= 4 is 5.78 Å². The molecule has 1 aromatic heterocycles. The molecule has 9 heteroatoms. The van der Waals surface area contributed by atoms with Gasteiger partial charge in [-0.25, -0.2) is 4.68 Å². The maximum absolute atomic E-state index is 12.5. The zero-order valence-electron chi connectivity index (χ0n) is 27.0. The molecule has 2 aromatic rings. The number of rotatable bonds is 6. The first-order valence-corrected chi connectivity index (χ1v) is 17.0. The van der Waals surface area contributed by atoms with Crippen LogP contribution in [0.4, 0.5) is 0 Å². The van der Waals surface area contributed by atoms with Crippen LogP contribution in [-0.2, 0) is 42.5 Å². The lowest BCUT2D eigenvalue weighted by atomic mass is 9.46. The van der Waals surface area contributed by atoms with E-state index in [1.165, 1.54) is 5.57 Å². The van der Waals surface area contributed by atoms with Crippen molar-refractivity contribution in [2.75, 3.05) is 0 Å². The lowest BCUT2D eigenvalue weighted by Gasteiger charge is -2.59. The summed E-state index contributed by atoms with van der Waals surface area (Å²) in [5.74, 6) is 1.11. The first-order valence-electron chi connectivity index (χ1n) is 17.0. The standard InChI is InChI=1S/C36H47N3O6/c1-33(2)44-31-30(42-21-22-8-6-5-7-9-22)28(43-32(31)45-33)19-39-20-29(37-38-39)36(41)17-14-27-25-11-10-23-18-24(40)12-15-34(23,3)26(25)13-16-35(27,36)4/h5-9,18,20,25-28,30-32,41H,10-17,19,21H2,1-4H3/t25-,26+,27+,28-,30+,31-,32-,34+,35+,36-/m1/s1. The molecule has 2 saturated heterocycles. The Kier molecular flexibility index (Phi) is 7.01. The third-order valence-corrected chi connectivity index (χ3v) is 12.8. The van der Waals surface area contributed by atoms with E-state index in [4.69, 9.17) is 18.9 Å². The fourth-order valence-corrected chi connectivity index (χ4v) is 10.4. The lowest BCUT2D eigenvalue weighted by Crippen LogP contribution is -2.53. The third kappa shape index (κ3) is 4.71. The van der Waals surface area contributed by atoms with Crippen LogP contribution in [0.5, 0.6) is 0 Å². The van der Waals surface area contributed by atoms with E-state index in [1.807, 2.05) is 56.5 Å². The lowest BCUT2D eigenvalue weighted by molar-refractivity contribution is -0.220. The molecule has 242 valence electrons. The van der Waals surface area contributed by atoms with Crippen LogP contribution in [0, 0.1) is 28.6 Å². The van der Waals surface area contributed by atoms with Gasteiger partial charge in [0.1, 0.15) is 29.6 Å². The summed E-state index contributed by atoms with van der Waals surface area (Å²) in [6, 6.07) is 10.1. The normalized spacial score (nSPS) is 43.4. The minimum atomic E-state index is -1.03. The Hall–Kier alpha value is -2.43. The number of aliphatic hydroxyl groups is 1. The van der Waals surface area contributed by atoms with Gasteiger partial charge >= 0.3 is 0 Å². The van der Waals surface area contributed by atoms with Gasteiger partial charge in [0.05, 0.1) is 19.3 Å². The summed E-state index contributed by atoms with van der Waals surface area (Å²) in [4.78, 5) is 12.2. The van der Waals surface area contributed by atoms with Crippen molar-refractivity contribution in [1.82, 2.24) is 15.0 Å². The van der Waals surface area contributed by atoms with E-state index in [2.05, 4.69) is 24.2 Å². The summed E-state index contributed by atoms with van der Waals surface area (Å²) >= 11 is 0. The molecule has 0 bridgehead atoms. The molecule has 0 spiro atoms. The number of hydrogen-bond donors (Lipinski definition) is 1. The van der Waals surface area contributed by atoms with Gasteiger partial charge < -0.3 is 24.1 Å². The van der Waals surface area contributed by atoms with Crippen LogP contribution in [0.1, 0.15) is 90.3 Å². The van der Waals surface area contributed by atoms with Gasteiger partial charge in [-0.05, 0) is 93.6 Å². The fraction of sp³-hybridized carbons (Fsp3) is 0.694. The SMILES string of the molecule is CC1(C)O[C@H]2O[C@H](Cn3cc([C@]4(O)CC[C@H]5[C@@H]6CCC7=CC(=O)CC[C@]7(C)[C@H]6CC[C@@]54C)nn3)[C@H](OCc3ccccc3)[C@H]2O1. The molecule has 10 atom stereocenters. The van der Waals surface area contributed by atoms with E-state index in [9.17, 15) is 9.90 Å². The number of ether oxygens (including phenoxy) is 4. The molecule has 5 fully saturated rings. The number of ketones is 1. The summed E-state index contributed by atoms with van der Waals surface area (Å²) in [7, 11) is 0. The van der Waals surface area contributed by atoms with Crippen LogP contribution >= 0.6 is 0 Å². The van der Waals surface area contributed by atoms with E-state index in [0.717, 1.165) is 44.1 Å². The zero-order valence-corrected chi connectivity index (χ0v) is 27.0. The average molecular weight is 618 g/mol. The highest BCUT2D eigenvalue weighted by Crippen LogP contribution is 2.69. The first kappa shape index (κ1) is 29.9. The molecule has 8 rings (SSSR count). The van der Waals surface area contributed by atoms with Crippen molar-refractivity contribution in [3.05, 3.63) is 59.4 Å². The number of allylic oxidation sites excluding steroid dienone is 1. The third-order valence-electron chi connectivity index (χ3n) is 12.8. The van der Waals surface area contributed by atoms with Gasteiger partial charge in [-0.1, -0.05) is 55.0 Å². The Morgan fingerprint density at radius 2 is 1.80 bits per heavy atom. The summed E-state index contributed by atoms with van der Waals surface area (Å²) in [6.07, 6.45) is 9.79. The topological polar surface area (TPSA) is 105 Å². The predicted octanol–water partition coefficient (Wildman–Crippen LogP) is 5.46.